The highest BCUT2D eigenvalue weighted by Crippen LogP contribution is 2.31. The van der Waals surface area contributed by atoms with Crippen molar-refractivity contribution in [2.45, 2.75) is 32.3 Å². The van der Waals surface area contributed by atoms with Gasteiger partial charge in [-0.15, -0.1) is 0 Å². The molecule has 14 heavy (non-hydrogen) atoms. The van der Waals surface area contributed by atoms with Crippen molar-refractivity contribution in [1.29, 1.82) is 0 Å². The molecular weight excluding hydrogens is 200 g/mol. The van der Waals surface area contributed by atoms with Gasteiger partial charge in [0.05, 0.1) is 12.2 Å². The van der Waals surface area contributed by atoms with Gasteiger partial charge in [0.25, 0.3) is 0 Å². The molecule has 0 radical (unpaired) electrons. The molecule has 0 spiro atoms. The lowest BCUT2D eigenvalue weighted by molar-refractivity contribution is -0.0652. The largest absolute Gasteiger partial charge is 0.343 e. The normalized spacial score (nSPS) is 32.1. The van der Waals surface area contributed by atoms with E-state index in [1.165, 1.54) is 0 Å². The predicted molar refractivity (Wildman–Crippen MR) is 55.3 cm³/mol. The average molecular weight is 213 g/mol. The second-order valence-electron chi connectivity index (χ2n) is 3.57. The summed E-state index contributed by atoms with van der Waals surface area (Å²) in [6.45, 7) is 4.03. The third kappa shape index (κ3) is 1.92. The zero-order chi connectivity index (χ0) is 10.1. The van der Waals surface area contributed by atoms with E-state index in [0.29, 0.717) is 0 Å². The maximum atomic E-state index is 5.79. The first-order valence-electron chi connectivity index (χ1n) is 4.73. The van der Waals surface area contributed by atoms with E-state index < -0.39 is 0 Å². The van der Waals surface area contributed by atoms with E-state index in [-0.39, 0.29) is 18.5 Å². The summed E-state index contributed by atoms with van der Waals surface area (Å²) < 4.78 is 11.3. The molecule has 1 unspecified atom stereocenters. The van der Waals surface area contributed by atoms with Gasteiger partial charge in [-0.3, -0.25) is 0 Å². The Morgan fingerprint density at radius 3 is 2.00 bits per heavy atom. The van der Waals surface area contributed by atoms with Gasteiger partial charge in [0, 0.05) is 10.6 Å². The fraction of sp³-hybridized carbons (Fsp3) is 0.455. The molecule has 1 fully saturated rings. The van der Waals surface area contributed by atoms with Crippen LogP contribution < -0.4 is 0 Å². The van der Waals surface area contributed by atoms with Crippen LogP contribution in [0.25, 0.3) is 0 Å². The SMILES string of the molecule is C[C@@H]1OC(c2ccc(Cl)cc2)O[C@@H]1C. The molecule has 0 saturated carbocycles. The van der Waals surface area contributed by atoms with Gasteiger partial charge in [0.2, 0.25) is 0 Å². The highest BCUT2D eigenvalue weighted by atomic mass is 35.5. The number of rotatable bonds is 1. The molecule has 1 aliphatic heterocycles. The molecule has 1 aromatic rings. The second kappa shape index (κ2) is 3.89. The number of ether oxygens (including phenoxy) is 2. The molecule has 0 N–H and O–H groups in total. The maximum Gasteiger partial charge on any atom is 0.184 e. The minimum Gasteiger partial charge on any atom is -0.343 e. The Hall–Kier alpha value is -0.570. The van der Waals surface area contributed by atoms with Crippen LogP contribution in [0.3, 0.4) is 0 Å². The van der Waals surface area contributed by atoms with E-state index in [1.807, 2.05) is 38.1 Å². The van der Waals surface area contributed by atoms with Gasteiger partial charge in [0.1, 0.15) is 0 Å². The van der Waals surface area contributed by atoms with E-state index in [2.05, 4.69) is 0 Å². The smallest absolute Gasteiger partial charge is 0.184 e. The van der Waals surface area contributed by atoms with Crippen LogP contribution in [-0.4, -0.2) is 12.2 Å². The van der Waals surface area contributed by atoms with Gasteiger partial charge >= 0.3 is 0 Å². The Balaban J connectivity index is 2.13. The Bertz CT molecular complexity index is 300. The van der Waals surface area contributed by atoms with Crippen molar-refractivity contribution >= 4 is 11.6 Å². The third-order valence-corrected chi connectivity index (χ3v) is 2.73. The molecule has 3 heteroatoms. The maximum absolute atomic E-state index is 5.79. The topological polar surface area (TPSA) is 18.5 Å². The van der Waals surface area contributed by atoms with Gasteiger partial charge in [0.15, 0.2) is 6.29 Å². The number of hydrogen-bond acceptors (Lipinski definition) is 2. The molecule has 3 atom stereocenters. The highest BCUT2D eigenvalue weighted by molar-refractivity contribution is 6.30. The summed E-state index contributed by atoms with van der Waals surface area (Å²) in [4.78, 5) is 0. The van der Waals surface area contributed by atoms with Crippen LogP contribution >= 0.6 is 11.6 Å². The molecule has 2 nitrogen and oxygen atoms in total. The zero-order valence-corrected chi connectivity index (χ0v) is 8.99. The number of halogens is 1. The van der Waals surface area contributed by atoms with E-state index in [0.717, 1.165) is 10.6 Å². The molecule has 0 bridgehead atoms. The molecule has 0 amide bonds. The van der Waals surface area contributed by atoms with Gasteiger partial charge in [-0.05, 0) is 26.0 Å². The minimum atomic E-state index is -0.239. The van der Waals surface area contributed by atoms with Crippen molar-refractivity contribution in [3.63, 3.8) is 0 Å². The second-order valence-corrected chi connectivity index (χ2v) is 4.00. The van der Waals surface area contributed by atoms with E-state index in [1.54, 1.807) is 0 Å². The molecule has 1 heterocycles. The summed E-state index contributed by atoms with van der Waals surface area (Å²) in [5.41, 5.74) is 1.02. The molecule has 1 saturated heterocycles. The standard InChI is InChI=1S/C11H13ClO2/c1-7-8(2)14-11(13-7)9-3-5-10(12)6-4-9/h3-8,11H,1-2H3/t7-,8+,11?. The van der Waals surface area contributed by atoms with E-state index >= 15 is 0 Å². The Kier molecular flexibility index (Phi) is 2.77. The lowest BCUT2D eigenvalue weighted by atomic mass is 10.2. The summed E-state index contributed by atoms with van der Waals surface area (Å²) in [6.07, 6.45) is 0.0589. The van der Waals surface area contributed by atoms with Gasteiger partial charge in [-0.1, -0.05) is 23.7 Å². The van der Waals surface area contributed by atoms with Crippen LogP contribution in [0.5, 0.6) is 0 Å². The van der Waals surface area contributed by atoms with Crippen molar-refractivity contribution in [1.82, 2.24) is 0 Å². The number of benzene rings is 1. The van der Waals surface area contributed by atoms with Gasteiger partial charge < -0.3 is 9.47 Å². The van der Waals surface area contributed by atoms with Crippen LogP contribution in [0.15, 0.2) is 24.3 Å². The minimum absolute atomic E-state index is 0.149. The van der Waals surface area contributed by atoms with E-state index in [4.69, 9.17) is 21.1 Å². The summed E-state index contributed by atoms with van der Waals surface area (Å²) in [5, 5.41) is 0.729. The van der Waals surface area contributed by atoms with Crippen LogP contribution in [0.2, 0.25) is 5.02 Å². The lowest BCUT2D eigenvalue weighted by Gasteiger charge is -2.09. The summed E-state index contributed by atoms with van der Waals surface area (Å²) in [7, 11) is 0. The molecule has 76 valence electrons. The van der Waals surface area contributed by atoms with Crippen LogP contribution in [0, 0.1) is 0 Å². The molecular formula is C11H13ClO2. The summed E-state index contributed by atoms with van der Waals surface area (Å²) >= 11 is 5.79. The predicted octanol–water partition coefficient (Wildman–Crippen LogP) is 3.16. The number of hydrogen-bond donors (Lipinski definition) is 0. The van der Waals surface area contributed by atoms with Crippen molar-refractivity contribution in [2.75, 3.05) is 0 Å². The molecule has 0 aromatic heterocycles. The molecule has 2 rings (SSSR count). The quantitative estimate of drug-likeness (QED) is 0.712. The van der Waals surface area contributed by atoms with Crippen molar-refractivity contribution in [3.8, 4) is 0 Å². The van der Waals surface area contributed by atoms with Crippen molar-refractivity contribution in [3.05, 3.63) is 34.9 Å². The zero-order valence-electron chi connectivity index (χ0n) is 8.24. The first-order chi connectivity index (χ1) is 6.66. The Morgan fingerprint density at radius 2 is 1.50 bits per heavy atom. The lowest BCUT2D eigenvalue weighted by Crippen LogP contribution is -2.13. The van der Waals surface area contributed by atoms with Gasteiger partial charge in [-0.25, -0.2) is 0 Å². The molecule has 1 aromatic carbocycles. The monoisotopic (exact) mass is 212 g/mol. The first-order valence-corrected chi connectivity index (χ1v) is 5.11. The van der Waals surface area contributed by atoms with Crippen molar-refractivity contribution < 1.29 is 9.47 Å². The Labute approximate surface area is 88.8 Å². The highest BCUT2D eigenvalue weighted by Gasteiger charge is 2.30. The van der Waals surface area contributed by atoms with Crippen LogP contribution in [-0.2, 0) is 9.47 Å². The first kappa shape index (κ1) is 9.97. The van der Waals surface area contributed by atoms with Crippen LogP contribution in [0.1, 0.15) is 25.7 Å². The fourth-order valence-corrected chi connectivity index (χ4v) is 1.55. The molecule has 0 aliphatic carbocycles. The fourth-order valence-electron chi connectivity index (χ4n) is 1.42. The summed E-state index contributed by atoms with van der Waals surface area (Å²) in [6, 6.07) is 7.55. The van der Waals surface area contributed by atoms with Crippen LogP contribution in [0.4, 0.5) is 0 Å². The summed E-state index contributed by atoms with van der Waals surface area (Å²) in [5.74, 6) is 0. The van der Waals surface area contributed by atoms with Gasteiger partial charge in [-0.2, -0.15) is 0 Å². The van der Waals surface area contributed by atoms with Crippen molar-refractivity contribution in [2.24, 2.45) is 0 Å². The Morgan fingerprint density at radius 1 is 1.00 bits per heavy atom. The average Bonchev–Trinajstić information content (AvgIpc) is 2.48. The molecule has 1 aliphatic rings. The van der Waals surface area contributed by atoms with E-state index in [9.17, 15) is 0 Å². The third-order valence-electron chi connectivity index (χ3n) is 2.48.